The number of aromatic nitrogens is 1. The molecule has 0 aliphatic heterocycles. The monoisotopic (exact) mass is 389 g/mol. The highest BCUT2D eigenvalue weighted by Gasteiger charge is 2.36. The van der Waals surface area contributed by atoms with E-state index in [1.54, 1.807) is 38.4 Å². The Bertz CT molecular complexity index is 745. The number of aryl methyl sites for hydroxylation is 1. The Kier molecular flexibility index (Phi) is 5.72. The van der Waals surface area contributed by atoms with Gasteiger partial charge >= 0.3 is 0 Å². The number of hydrogen-bond donors (Lipinski definition) is 2. The van der Waals surface area contributed by atoms with E-state index in [1.165, 1.54) is 0 Å². The zero-order chi connectivity index (χ0) is 17.7. The molecule has 0 saturated heterocycles. The Morgan fingerprint density at radius 1 is 1.21 bits per heavy atom. The molecule has 1 aromatic carbocycles. The third-order valence-corrected chi connectivity index (χ3v) is 4.34. The van der Waals surface area contributed by atoms with E-state index < -0.39 is 5.41 Å². The van der Waals surface area contributed by atoms with E-state index in [4.69, 9.17) is 0 Å². The number of benzene rings is 1. The zero-order valence-corrected chi connectivity index (χ0v) is 15.5. The average molecular weight is 390 g/mol. The molecule has 2 amide bonds. The highest BCUT2D eigenvalue weighted by molar-refractivity contribution is 9.10. The fraction of sp³-hybridized carbons (Fsp3) is 0.278. The molecular weight excluding hydrogens is 370 g/mol. The molecule has 0 radical (unpaired) electrons. The van der Waals surface area contributed by atoms with Crippen molar-refractivity contribution >= 4 is 33.4 Å². The van der Waals surface area contributed by atoms with Crippen LogP contribution in [0.3, 0.4) is 0 Å². The van der Waals surface area contributed by atoms with Crippen LogP contribution in [0.2, 0.25) is 0 Å². The van der Waals surface area contributed by atoms with Crippen LogP contribution in [0.25, 0.3) is 0 Å². The summed E-state index contributed by atoms with van der Waals surface area (Å²) in [6, 6.07) is 9.28. The molecular formula is C18H20BrN3O2. The van der Waals surface area contributed by atoms with E-state index in [-0.39, 0.29) is 11.8 Å². The normalized spacial score (nSPS) is 11.0. The smallest absolute Gasteiger partial charge is 0.239 e. The highest BCUT2D eigenvalue weighted by Crippen LogP contribution is 2.26. The van der Waals surface area contributed by atoms with Crippen LogP contribution in [-0.4, -0.2) is 16.8 Å². The van der Waals surface area contributed by atoms with Gasteiger partial charge in [0.25, 0.3) is 0 Å². The van der Waals surface area contributed by atoms with E-state index in [0.29, 0.717) is 12.2 Å². The van der Waals surface area contributed by atoms with Gasteiger partial charge in [-0.25, -0.2) is 0 Å². The molecule has 0 aliphatic rings. The molecule has 2 N–H and O–H groups in total. The van der Waals surface area contributed by atoms with Gasteiger partial charge in [-0.05, 0) is 66.0 Å². The molecule has 0 spiro atoms. The summed E-state index contributed by atoms with van der Waals surface area (Å²) < 4.78 is 0.780. The van der Waals surface area contributed by atoms with Gasteiger partial charge in [0.1, 0.15) is 5.41 Å². The third-order valence-electron chi connectivity index (χ3n) is 3.68. The predicted octanol–water partition coefficient (Wildman–Crippen LogP) is 3.43. The average Bonchev–Trinajstić information content (AvgIpc) is 2.55. The molecule has 24 heavy (non-hydrogen) atoms. The van der Waals surface area contributed by atoms with Gasteiger partial charge in [-0.1, -0.05) is 12.1 Å². The Morgan fingerprint density at radius 3 is 2.58 bits per heavy atom. The van der Waals surface area contributed by atoms with Crippen molar-refractivity contribution < 1.29 is 9.59 Å². The number of carbonyl (C=O) groups excluding carboxylic acids is 2. The summed E-state index contributed by atoms with van der Waals surface area (Å²) in [6.07, 6.45) is 3.35. The molecule has 2 rings (SSSR count). The lowest BCUT2D eigenvalue weighted by atomic mass is 9.91. The van der Waals surface area contributed by atoms with Gasteiger partial charge in [0.2, 0.25) is 11.8 Å². The number of carbonyl (C=O) groups is 2. The van der Waals surface area contributed by atoms with Crippen molar-refractivity contribution in [2.24, 2.45) is 5.41 Å². The van der Waals surface area contributed by atoms with E-state index in [9.17, 15) is 9.59 Å². The Hall–Kier alpha value is -2.21. The van der Waals surface area contributed by atoms with Crippen LogP contribution in [0.15, 0.2) is 47.2 Å². The number of nitrogens with one attached hydrogen (secondary N) is 2. The van der Waals surface area contributed by atoms with E-state index >= 15 is 0 Å². The fourth-order valence-electron chi connectivity index (χ4n) is 2.01. The zero-order valence-electron chi connectivity index (χ0n) is 13.9. The van der Waals surface area contributed by atoms with Crippen molar-refractivity contribution in [2.45, 2.75) is 27.3 Å². The summed E-state index contributed by atoms with van der Waals surface area (Å²) in [5, 5.41) is 5.58. The van der Waals surface area contributed by atoms with Gasteiger partial charge in [0.05, 0.1) is 5.69 Å². The van der Waals surface area contributed by atoms with Crippen molar-refractivity contribution in [2.75, 3.05) is 5.32 Å². The van der Waals surface area contributed by atoms with E-state index in [1.807, 2.05) is 25.1 Å². The van der Waals surface area contributed by atoms with Crippen molar-refractivity contribution in [3.05, 3.63) is 58.3 Å². The summed E-state index contributed by atoms with van der Waals surface area (Å²) in [6.45, 7) is 5.50. The first-order valence-electron chi connectivity index (χ1n) is 7.55. The van der Waals surface area contributed by atoms with Gasteiger partial charge in [-0.15, -0.1) is 0 Å². The van der Waals surface area contributed by atoms with Crippen LogP contribution in [-0.2, 0) is 16.1 Å². The second kappa shape index (κ2) is 7.57. The molecule has 6 heteroatoms. The molecule has 5 nitrogen and oxygen atoms in total. The molecule has 0 atom stereocenters. The maximum atomic E-state index is 12.5. The van der Waals surface area contributed by atoms with Crippen LogP contribution in [0.5, 0.6) is 0 Å². The van der Waals surface area contributed by atoms with Crippen molar-refractivity contribution in [1.82, 2.24) is 10.3 Å². The molecule has 0 saturated carbocycles. The summed E-state index contributed by atoms with van der Waals surface area (Å²) in [5.74, 6) is -0.706. The van der Waals surface area contributed by atoms with Gasteiger partial charge in [-0.3, -0.25) is 14.6 Å². The maximum Gasteiger partial charge on any atom is 0.239 e. The lowest BCUT2D eigenvalue weighted by molar-refractivity contribution is -0.138. The molecule has 1 aromatic heterocycles. The minimum Gasteiger partial charge on any atom is -0.351 e. The molecule has 126 valence electrons. The van der Waals surface area contributed by atoms with Crippen LogP contribution in [0.1, 0.15) is 25.0 Å². The Morgan fingerprint density at radius 2 is 1.96 bits per heavy atom. The topological polar surface area (TPSA) is 71.1 Å². The minimum atomic E-state index is -1.20. The molecule has 2 aromatic rings. The largest absolute Gasteiger partial charge is 0.351 e. The van der Waals surface area contributed by atoms with E-state index in [2.05, 4.69) is 31.5 Å². The second-order valence-electron chi connectivity index (χ2n) is 6.11. The first-order valence-corrected chi connectivity index (χ1v) is 8.35. The SMILES string of the molecule is Cc1ccc(NC(=O)C(C)(C)C(=O)NCc2cccnc2)c(Br)c1. The maximum absolute atomic E-state index is 12.5. The standard InChI is InChI=1S/C18H20BrN3O2/c1-12-6-7-15(14(19)9-12)22-17(24)18(2,3)16(23)21-11-13-5-4-8-20-10-13/h4-10H,11H2,1-3H3,(H,21,23)(H,22,24). The summed E-state index contributed by atoms with van der Waals surface area (Å²) in [5.41, 5.74) is 1.39. The van der Waals surface area contributed by atoms with Crippen LogP contribution < -0.4 is 10.6 Å². The fourth-order valence-corrected chi connectivity index (χ4v) is 2.60. The molecule has 0 fully saturated rings. The molecule has 1 heterocycles. The number of nitrogens with zero attached hydrogens (tertiary/aromatic N) is 1. The number of halogens is 1. The molecule has 0 unspecified atom stereocenters. The van der Waals surface area contributed by atoms with Gasteiger partial charge in [-0.2, -0.15) is 0 Å². The highest BCUT2D eigenvalue weighted by atomic mass is 79.9. The first-order chi connectivity index (χ1) is 11.3. The molecule has 0 bridgehead atoms. The number of rotatable bonds is 5. The second-order valence-corrected chi connectivity index (χ2v) is 6.96. The van der Waals surface area contributed by atoms with Gasteiger partial charge in [0, 0.05) is 23.4 Å². The summed E-state index contributed by atoms with van der Waals surface area (Å²) >= 11 is 3.42. The van der Waals surface area contributed by atoms with Crippen LogP contribution >= 0.6 is 15.9 Å². The number of hydrogen-bond acceptors (Lipinski definition) is 3. The molecule has 0 aliphatic carbocycles. The van der Waals surface area contributed by atoms with Crippen molar-refractivity contribution in [3.8, 4) is 0 Å². The number of pyridine rings is 1. The lowest BCUT2D eigenvalue weighted by Gasteiger charge is -2.23. The van der Waals surface area contributed by atoms with E-state index in [0.717, 1.165) is 15.6 Å². The number of anilines is 1. The van der Waals surface area contributed by atoms with Crippen LogP contribution in [0, 0.1) is 12.3 Å². The minimum absolute atomic E-state index is 0.331. The van der Waals surface area contributed by atoms with Gasteiger partial charge in [0.15, 0.2) is 0 Å². The van der Waals surface area contributed by atoms with Gasteiger partial charge < -0.3 is 10.6 Å². The third kappa shape index (κ3) is 4.41. The Labute approximate surface area is 150 Å². The lowest BCUT2D eigenvalue weighted by Crippen LogP contribution is -2.44. The van der Waals surface area contributed by atoms with Crippen LogP contribution in [0.4, 0.5) is 5.69 Å². The number of amides is 2. The quantitative estimate of drug-likeness (QED) is 0.769. The summed E-state index contributed by atoms with van der Waals surface area (Å²) in [7, 11) is 0. The summed E-state index contributed by atoms with van der Waals surface area (Å²) in [4.78, 5) is 28.9. The Balaban J connectivity index is 2.02. The van der Waals surface area contributed by atoms with Crippen molar-refractivity contribution in [1.29, 1.82) is 0 Å². The predicted molar refractivity (Wildman–Crippen MR) is 97.4 cm³/mol. The van der Waals surface area contributed by atoms with Crippen molar-refractivity contribution in [3.63, 3.8) is 0 Å². The first kappa shape index (κ1) is 18.1.